The Bertz CT molecular complexity index is 269. The van der Waals surface area contributed by atoms with Crippen molar-refractivity contribution >= 4 is 5.97 Å². The van der Waals surface area contributed by atoms with Crippen LogP contribution in [0.1, 0.15) is 12.0 Å². The molecule has 4 heteroatoms. The molecular weight excluding hydrogens is 182 g/mol. The number of carbonyl (C=O) groups is 1. The van der Waals surface area contributed by atoms with Gasteiger partial charge in [0.05, 0.1) is 26.1 Å². The van der Waals surface area contributed by atoms with Gasteiger partial charge in [0.25, 0.3) is 0 Å². The van der Waals surface area contributed by atoms with Crippen LogP contribution in [0.2, 0.25) is 0 Å². The van der Waals surface area contributed by atoms with E-state index in [1.165, 1.54) is 7.11 Å². The Balaban J connectivity index is 2.22. The van der Waals surface area contributed by atoms with Crippen LogP contribution in [0.25, 0.3) is 0 Å². The maximum absolute atomic E-state index is 10.9. The lowest BCUT2D eigenvalue weighted by atomic mass is 10.3. The molecule has 0 spiro atoms. The van der Waals surface area contributed by atoms with Gasteiger partial charge in [-0.25, -0.2) is 0 Å². The van der Waals surface area contributed by atoms with E-state index in [0.29, 0.717) is 13.0 Å². The summed E-state index contributed by atoms with van der Waals surface area (Å²) in [7, 11) is 3.36. The number of furan rings is 1. The minimum absolute atomic E-state index is 0.177. The third kappa shape index (κ3) is 3.62. The van der Waals surface area contributed by atoms with Crippen LogP contribution in [-0.4, -0.2) is 31.6 Å². The molecule has 1 aromatic rings. The normalized spacial score (nSPS) is 10.5. The number of hydrogen-bond donors (Lipinski definition) is 0. The molecular formula is C10H15NO3. The van der Waals surface area contributed by atoms with Crippen molar-refractivity contribution in [1.82, 2.24) is 4.90 Å². The monoisotopic (exact) mass is 197 g/mol. The predicted octanol–water partition coefficient (Wildman–Crippen LogP) is 1.27. The third-order valence-corrected chi connectivity index (χ3v) is 1.96. The molecule has 1 heterocycles. The Morgan fingerprint density at radius 3 is 3.00 bits per heavy atom. The smallest absolute Gasteiger partial charge is 0.306 e. The van der Waals surface area contributed by atoms with E-state index in [4.69, 9.17) is 4.42 Å². The molecule has 4 nitrogen and oxygen atoms in total. The van der Waals surface area contributed by atoms with Gasteiger partial charge in [0.15, 0.2) is 0 Å². The first kappa shape index (κ1) is 10.8. The highest BCUT2D eigenvalue weighted by molar-refractivity contribution is 5.69. The van der Waals surface area contributed by atoms with Gasteiger partial charge in [-0.05, 0) is 13.1 Å². The molecule has 0 N–H and O–H groups in total. The summed E-state index contributed by atoms with van der Waals surface area (Å²) in [6.45, 7) is 1.48. The summed E-state index contributed by atoms with van der Waals surface area (Å²) >= 11 is 0. The van der Waals surface area contributed by atoms with Crippen molar-refractivity contribution in [2.45, 2.75) is 13.0 Å². The molecule has 78 valence electrons. The molecule has 0 saturated carbocycles. The molecule has 0 atom stereocenters. The lowest BCUT2D eigenvalue weighted by Crippen LogP contribution is -2.21. The number of esters is 1. The lowest BCUT2D eigenvalue weighted by Gasteiger charge is -2.14. The molecule has 0 fully saturated rings. The Labute approximate surface area is 83.5 Å². The fraction of sp³-hybridized carbons (Fsp3) is 0.500. The number of rotatable bonds is 5. The molecule has 0 radical (unpaired) electrons. The Morgan fingerprint density at radius 1 is 1.64 bits per heavy atom. The van der Waals surface area contributed by atoms with Crippen molar-refractivity contribution in [2.75, 3.05) is 20.7 Å². The van der Waals surface area contributed by atoms with Crippen LogP contribution in [0.5, 0.6) is 0 Å². The molecule has 14 heavy (non-hydrogen) atoms. The Morgan fingerprint density at radius 2 is 2.43 bits per heavy atom. The van der Waals surface area contributed by atoms with Crippen molar-refractivity contribution in [1.29, 1.82) is 0 Å². The first-order valence-electron chi connectivity index (χ1n) is 4.49. The average Bonchev–Trinajstić information content (AvgIpc) is 2.66. The standard InChI is InChI=1S/C10H15NO3/c1-11(5-3-10(12)13-2)7-9-4-6-14-8-9/h4,6,8H,3,5,7H2,1-2H3. The zero-order valence-electron chi connectivity index (χ0n) is 8.53. The second kappa shape index (κ2) is 5.44. The van der Waals surface area contributed by atoms with E-state index < -0.39 is 0 Å². The summed E-state index contributed by atoms with van der Waals surface area (Å²) in [5, 5.41) is 0. The summed E-state index contributed by atoms with van der Waals surface area (Å²) in [6, 6.07) is 1.91. The molecule has 0 bridgehead atoms. The number of nitrogens with zero attached hydrogens (tertiary/aromatic N) is 1. The molecule has 0 saturated heterocycles. The van der Waals surface area contributed by atoms with Gasteiger partial charge in [-0.3, -0.25) is 4.79 Å². The quantitative estimate of drug-likeness (QED) is 0.667. The van der Waals surface area contributed by atoms with Gasteiger partial charge in [0.1, 0.15) is 0 Å². The Hall–Kier alpha value is -1.29. The first-order valence-corrected chi connectivity index (χ1v) is 4.49. The maximum atomic E-state index is 10.9. The van der Waals surface area contributed by atoms with Crippen molar-refractivity contribution in [3.05, 3.63) is 24.2 Å². The van der Waals surface area contributed by atoms with Gasteiger partial charge < -0.3 is 14.1 Å². The molecule has 0 aliphatic rings. The molecule has 0 aliphatic heterocycles. The average molecular weight is 197 g/mol. The van der Waals surface area contributed by atoms with E-state index in [2.05, 4.69) is 4.74 Å². The van der Waals surface area contributed by atoms with E-state index >= 15 is 0 Å². The maximum Gasteiger partial charge on any atom is 0.306 e. The number of methoxy groups -OCH3 is 1. The minimum Gasteiger partial charge on any atom is -0.472 e. The zero-order chi connectivity index (χ0) is 10.4. The van der Waals surface area contributed by atoms with Gasteiger partial charge in [0, 0.05) is 18.7 Å². The lowest BCUT2D eigenvalue weighted by molar-refractivity contribution is -0.140. The number of carbonyl (C=O) groups excluding carboxylic acids is 1. The van der Waals surface area contributed by atoms with Crippen molar-refractivity contribution in [3.63, 3.8) is 0 Å². The summed E-state index contributed by atoms with van der Waals surface area (Å²) in [5.41, 5.74) is 1.11. The second-order valence-electron chi connectivity index (χ2n) is 3.20. The predicted molar refractivity (Wildman–Crippen MR) is 51.7 cm³/mol. The van der Waals surface area contributed by atoms with E-state index in [1.54, 1.807) is 12.5 Å². The van der Waals surface area contributed by atoms with Gasteiger partial charge >= 0.3 is 5.97 Å². The van der Waals surface area contributed by atoms with Gasteiger partial charge in [0.2, 0.25) is 0 Å². The van der Waals surface area contributed by atoms with Crippen LogP contribution in [-0.2, 0) is 16.1 Å². The molecule has 1 rings (SSSR count). The summed E-state index contributed by atoms with van der Waals surface area (Å²) < 4.78 is 9.50. The fourth-order valence-corrected chi connectivity index (χ4v) is 1.16. The van der Waals surface area contributed by atoms with E-state index in [9.17, 15) is 4.79 Å². The van der Waals surface area contributed by atoms with Crippen LogP contribution in [0.3, 0.4) is 0 Å². The van der Waals surface area contributed by atoms with Crippen LogP contribution >= 0.6 is 0 Å². The largest absolute Gasteiger partial charge is 0.472 e. The SMILES string of the molecule is COC(=O)CCN(C)Cc1ccoc1. The van der Waals surface area contributed by atoms with Gasteiger partial charge in [-0.1, -0.05) is 0 Å². The third-order valence-electron chi connectivity index (χ3n) is 1.96. The fourth-order valence-electron chi connectivity index (χ4n) is 1.16. The highest BCUT2D eigenvalue weighted by atomic mass is 16.5. The second-order valence-corrected chi connectivity index (χ2v) is 3.20. The molecule has 0 aromatic carbocycles. The van der Waals surface area contributed by atoms with Crippen LogP contribution in [0, 0.1) is 0 Å². The first-order chi connectivity index (χ1) is 6.72. The molecule has 0 aliphatic carbocycles. The van der Waals surface area contributed by atoms with Crippen molar-refractivity contribution in [3.8, 4) is 0 Å². The van der Waals surface area contributed by atoms with E-state index in [-0.39, 0.29) is 5.97 Å². The molecule has 0 unspecified atom stereocenters. The molecule has 0 amide bonds. The van der Waals surface area contributed by atoms with Crippen molar-refractivity contribution in [2.24, 2.45) is 0 Å². The van der Waals surface area contributed by atoms with E-state index in [1.807, 2.05) is 18.0 Å². The topological polar surface area (TPSA) is 42.7 Å². The number of hydrogen-bond acceptors (Lipinski definition) is 4. The highest BCUT2D eigenvalue weighted by Crippen LogP contribution is 2.03. The summed E-state index contributed by atoms with van der Waals surface area (Å²) in [5.74, 6) is -0.177. The minimum atomic E-state index is -0.177. The van der Waals surface area contributed by atoms with Crippen LogP contribution in [0.15, 0.2) is 23.0 Å². The zero-order valence-corrected chi connectivity index (χ0v) is 8.53. The van der Waals surface area contributed by atoms with Gasteiger partial charge in [-0.15, -0.1) is 0 Å². The van der Waals surface area contributed by atoms with Gasteiger partial charge in [-0.2, -0.15) is 0 Å². The summed E-state index contributed by atoms with van der Waals surface area (Å²) in [6.07, 6.45) is 3.77. The molecule has 1 aromatic heterocycles. The number of ether oxygens (including phenoxy) is 1. The van der Waals surface area contributed by atoms with Crippen LogP contribution in [0.4, 0.5) is 0 Å². The van der Waals surface area contributed by atoms with Crippen LogP contribution < -0.4 is 0 Å². The van der Waals surface area contributed by atoms with Crippen molar-refractivity contribution < 1.29 is 13.9 Å². The van der Waals surface area contributed by atoms with E-state index in [0.717, 1.165) is 12.1 Å². The Kier molecular flexibility index (Phi) is 4.19. The highest BCUT2D eigenvalue weighted by Gasteiger charge is 2.05. The summed E-state index contributed by atoms with van der Waals surface area (Å²) in [4.78, 5) is 12.9.